The van der Waals surface area contributed by atoms with E-state index in [2.05, 4.69) is 20.9 Å². The van der Waals surface area contributed by atoms with Crippen LogP contribution in [0.3, 0.4) is 0 Å². The number of aryl methyl sites for hydroxylation is 1. The first kappa shape index (κ1) is 24.5. The molecule has 0 aromatic heterocycles. The number of hydrogen-bond donors (Lipinski definition) is 3. The van der Waals surface area contributed by atoms with Crippen LogP contribution in [0.25, 0.3) is 0 Å². The van der Waals surface area contributed by atoms with Crippen LogP contribution in [0.1, 0.15) is 21.5 Å². The van der Waals surface area contributed by atoms with E-state index in [1.165, 1.54) is 12.1 Å². The van der Waals surface area contributed by atoms with Crippen molar-refractivity contribution >= 4 is 40.6 Å². The largest absolute Gasteiger partial charge is 0.378 e. The number of urea groups is 1. The lowest BCUT2D eigenvalue weighted by molar-refractivity contribution is 0.0950. The van der Waals surface area contributed by atoms with Crippen molar-refractivity contribution in [2.24, 2.45) is 0 Å². The van der Waals surface area contributed by atoms with Crippen LogP contribution in [0.2, 0.25) is 5.02 Å². The van der Waals surface area contributed by atoms with Gasteiger partial charge in [0.1, 0.15) is 5.82 Å². The summed E-state index contributed by atoms with van der Waals surface area (Å²) in [5.74, 6) is -0.699. The molecule has 0 radical (unpaired) electrons. The highest BCUT2D eigenvalue weighted by Crippen LogP contribution is 2.29. The summed E-state index contributed by atoms with van der Waals surface area (Å²) in [6.45, 7) is 4.53. The van der Waals surface area contributed by atoms with Crippen molar-refractivity contribution in [3.63, 3.8) is 0 Å². The molecular formula is C26H26ClFN4O3. The first-order valence-corrected chi connectivity index (χ1v) is 11.6. The monoisotopic (exact) mass is 496 g/mol. The van der Waals surface area contributed by atoms with Crippen LogP contribution in [-0.2, 0) is 11.3 Å². The molecule has 4 rings (SSSR count). The van der Waals surface area contributed by atoms with Crippen LogP contribution in [0.5, 0.6) is 0 Å². The second kappa shape index (κ2) is 11.2. The van der Waals surface area contributed by atoms with Gasteiger partial charge >= 0.3 is 6.03 Å². The third kappa shape index (κ3) is 6.49. The number of nitrogens with one attached hydrogen (secondary N) is 3. The van der Waals surface area contributed by atoms with E-state index in [-0.39, 0.29) is 18.3 Å². The molecule has 0 bridgehead atoms. The number of carbonyl (C=O) groups is 2. The van der Waals surface area contributed by atoms with Gasteiger partial charge < -0.3 is 25.6 Å². The van der Waals surface area contributed by atoms with Crippen molar-refractivity contribution in [1.29, 1.82) is 0 Å². The Morgan fingerprint density at radius 3 is 2.57 bits per heavy atom. The summed E-state index contributed by atoms with van der Waals surface area (Å²) in [6.07, 6.45) is 0. The van der Waals surface area contributed by atoms with E-state index >= 15 is 0 Å². The predicted molar refractivity (Wildman–Crippen MR) is 136 cm³/mol. The van der Waals surface area contributed by atoms with Crippen LogP contribution < -0.4 is 20.9 Å². The molecule has 1 aliphatic rings. The molecule has 0 spiro atoms. The van der Waals surface area contributed by atoms with Crippen molar-refractivity contribution in [1.82, 2.24) is 5.32 Å². The molecule has 1 saturated heterocycles. The van der Waals surface area contributed by atoms with Gasteiger partial charge in [-0.25, -0.2) is 9.18 Å². The summed E-state index contributed by atoms with van der Waals surface area (Å²) in [4.78, 5) is 27.7. The third-order valence-electron chi connectivity index (χ3n) is 5.63. The normalized spacial score (nSPS) is 13.3. The molecule has 1 fully saturated rings. The van der Waals surface area contributed by atoms with Gasteiger partial charge in [0.25, 0.3) is 5.91 Å². The molecular weight excluding hydrogens is 471 g/mol. The zero-order valence-corrected chi connectivity index (χ0v) is 20.0. The Morgan fingerprint density at radius 2 is 1.83 bits per heavy atom. The average Bonchev–Trinajstić information content (AvgIpc) is 2.85. The van der Waals surface area contributed by atoms with Gasteiger partial charge in [-0.05, 0) is 60.5 Å². The Hall–Kier alpha value is -3.62. The number of benzene rings is 3. The van der Waals surface area contributed by atoms with Gasteiger partial charge in [0.2, 0.25) is 0 Å². The fourth-order valence-electron chi connectivity index (χ4n) is 3.74. The van der Waals surface area contributed by atoms with E-state index in [1.807, 2.05) is 13.0 Å². The van der Waals surface area contributed by atoms with Crippen molar-refractivity contribution in [2.45, 2.75) is 13.5 Å². The molecule has 1 heterocycles. The summed E-state index contributed by atoms with van der Waals surface area (Å²) in [5, 5.41) is 8.98. The SMILES string of the molecule is Cc1ccc(NC(=O)Nc2cc(C(=O)NCc3cccc(F)c3)ccc2N2CCOCC2)cc1Cl. The minimum absolute atomic E-state index is 0.180. The predicted octanol–water partition coefficient (Wildman–Crippen LogP) is 5.20. The maximum Gasteiger partial charge on any atom is 0.323 e. The Balaban J connectivity index is 1.52. The Labute approximate surface area is 208 Å². The number of ether oxygens (including phenoxy) is 1. The second-order valence-corrected chi connectivity index (χ2v) is 8.59. The molecule has 7 nitrogen and oxygen atoms in total. The number of rotatable bonds is 6. The average molecular weight is 497 g/mol. The van der Waals surface area contributed by atoms with Gasteiger partial charge in [-0.1, -0.05) is 29.8 Å². The van der Waals surface area contributed by atoms with E-state index in [4.69, 9.17) is 16.3 Å². The first-order chi connectivity index (χ1) is 16.9. The minimum atomic E-state index is -0.461. The lowest BCUT2D eigenvalue weighted by atomic mass is 10.1. The molecule has 0 saturated carbocycles. The highest BCUT2D eigenvalue weighted by Gasteiger charge is 2.18. The summed E-state index contributed by atoms with van der Waals surface area (Å²) >= 11 is 6.17. The molecule has 0 unspecified atom stereocenters. The first-order valence-electron chi connectivity index (χ1n) is 11.2. The van der Waals surface area contributed by atoms with Gasteiger partial charge in [-0.2, -0.15) is 0 Å². The molecule has 9 heteroatoms. The smallest absolute Gasteiger partial charge is 0.323 e. The summed E-state index contributed by atoms with van der Waals surface area (Å²) in [7, 11) is 0. The maximum absolute atomic E-state index is 13.4. The molecule has 0 atom stereocenters. The molecule has 182 valence electrons. The van der Waals surface area contributed by atoms with Gasteiger partial charge in [0.05, 0.1) is 24.6 Å². The number of amides is 3. The number of nitrogens with zero attached hydrogens (tertiary/aromatic N) is 1. The van der Waals surface area contributed by atoms with Gasteiger partial charge in [0.15, 0.2) is 0 Å². The molecule has 3 aromatic rings. The van der Waals surface area contributed by atoms with E-state index in [0.717, 1.165) is 11.3 Å². The standard InChI is InChI=1S/C26H26ClFN4O3/c1-17-5-7-21(15-22(17)27)30-26(34)31-23-14-19(6-8-24(23)32-9-11-35-12-10-32)25(33)29-16-18-3-2-4-20(28)13-18/h2-8,13-15H,9-12,16H2,1H3,(H,29,33)(H2,30,31,34). The Bertz CT molecular complexity index is 1230. The van der Waals surface area contributed by atoms with Crippen LogP contribution in [0.4, 0.5) is 26.2 Å². The fraction of sp³-hybridized carbons (Fsp3) is 0.231. The van der Waals surface area contributed by atoms with Crippen LogP contribution in [-0.4, -0.2) is 38.2 Å². The van der Waals surface area contributed by atoms with Gasteiger partial charge in [0, 0.05) is 35.9 Å². The van der Waals surface area contributed by atoms with Crippen molar-refractivity contribution < 1.29 is 18.7 Å². The molecule has 3 N–H and O–H groups in total. The molecule has 0 aliphatic carbocycles. The fourth-order valence-corrected chi connectivity index (χ4v) is 3.92. The number of anilines is 3. The number of carbonyl (C=O) groups excluding carboxylic acids is 2. The van der Waals surface area contributed by atoms with Gasteiger partial charge in [-0.3, -0.25) is 4.79 Å². The van der Waals surface area contributed by atoms with Crippen molar-refractivity contribution in [3.8, 4) is 0 Å². The molecule has 1 aliphatic heterocycles. The third-order valence-corrected chi connectivity index (χ3v) is 6.04. The molecule has 35 heavy (non-hydrogen) atoms. The highest BCUT2D eigenvalue weighted by atomic mass is 35.5. The van der Waals surface area contributed by atoms with E-state index in [9.17, 15) is 14.0 Å². The maximum atomic E-state index is 13.4. The zero-order chi connectivity index (χ0) is 24.8. The Kier molecular flexibility index (Phi) is 7.84. The summed E-state index contributed by atoms with van der Waals surface area (Å²) in [5.41, 5.74) is 3.75. The minimum Gasteiger partial charge on any atom is -0.378 e. The lowest BCUT2D eigenvalue weighted by Gasteiger charge is -2.30. The second-order valence-electron chi connectivity index (χ2n) is 8.19. The number of hydrogen-bond acceptors (Lipinski definition) is 4. The highest BCUT2D eigenvalue weighted by molar-refractivity contribution is 6.31. The quantitative estimate of drug-likeness (QED) is 0.438. The molecule has 3 amide bonds. The lowest BCUT2D eigenvalue weighted by Crippen LogP contribution is -2.37. The number of morpholine rings is 1. The Morgan fingerprint density at radius 1 is 1.03 bits per heavy atom. The van der Waals surface area contributed by atoms with Crippen molar-refractivity contribution in [3.05, 3.63) is 88.2 Å². The zero-order valence-electron chi connectivity index (χ0n) is 19.2. The van der Waals surface area contributed by atoms with Gasteiger partial charge in [-0.15, -0.1) is 0 Å². The molecule has 3 aromatic carbocycles. The topological polar surface area (TPSA) is 82.7 Å². The number of halogens is 2. The van der Waals surface area contributed by atoms with E-state index < -0.39 is 6.03 Å². The van der Waals surface area contributed by atoms with Crippen LogP contribution in [0.15, 0.2) is 60.7 Å². The van der Waals surface area contributed by atoms with Crippen LogP contribution in [0, 0.1) is 12.7 Å². The summed E-state index contributed by atoms with van der Waals surface area (Å²) < 4.78 is 18.9. The summed E-state index contributed by atoms with van der Waals surface area (Å²) in [6, 6.07) is 16.0. The van der Waals surface area contributed by atoms with Crippen LogP contribution >= 0.6 is 11.6 Å². The van der Waals surface area contributed by atoms with E-state index in [1.54, 1.807) is 42.5 Å². The van der Waals surface area contributed by atoms with E-state index in [0.29, 0.717) is 53.8 Å². The van der Waals surface area contributed by atoms with Crippen molar-refractivity contribution in [2.75, 3.05) is 41.8 Å².